The van der Waals surface area contributed by atoms with Crippen molar-refractivity contribution in [2.45, 2.75) is 219 Å². The predicted molar refractivity (Wildman–Crippen MR) is 372 cm³/mol. The van der Waals surface area contributed by atoms with Gasteiger partial charge in [-0.05, 0) is 221 Å². The normalized spacial score (nSPS) is 24.2. The highest BCUT2D eigenvalue weighted by molar-refractivity contribution is 8.06. The molecule has 7 aromatic rings. The number of rotatable bonds is 5. The van der Waals surface area contributed by atoms with E-state index < -0.39 is 0 Å². The number of hydrogen-bond acceptors (Lipinski definition) is 4. The van der Waals surface area contributed by atoms with Crippen LogP contribution in [0.2, 0.25) is 0 Å². The zero-order chi connectivity index (χ0) is 60.6. The maximum Gasteiger partial charge on any atom is 0.259 e. The predicted octanol–water partition coefficient (Wildman–Crippen LogP) is 21.4. The van der Waals surface area contributed by atoms with Crippen molar-refractivity contribution in [3.63, 3.8) is 0 Å². The monoisotopic (exact) mass is 1150 g/mol. The summed E-state index contributed by atoms with van der Waals surface area (Å²) in [6.07, 6.45) is 9.48. The molecule has 3 nitrogen and oxygen atoms in total. The third-order valence-corrected chi connectivity index (χ3v) is 26.2. The number of allylic oxidation sites excluding steroid dienone is 1. The lowest BCUT2D eigenvalue weighted by Crippen LogP contribution is -2.56. The molecule has 442 valence electrons. The Kier molecular flexibility index (Phi) is 11.9. The van der Waals surface area contributed by atoms with Crippen molar-refractivity contribution < 1.29 is 0 Å². The molecule has 0 aromatic heterocycles. The molecule has 7 aromatic carbocycles. The van der Waals surface area contributed by atoms with E-state index >= 15 is 0 Å². The SMILES string of the molecule is CC1(C)CCC(C)(C)c2cc(N3C4=C(SC5C4C(C)(C)CCC5(C)C)B4c5cc6c(cc5N(c5ccc7c(c5)C(C)(C)CCC7(C)C)c5cc(N(c7ccccc7)c7cccc8c7-c7ccccc7C8(C)C)cc3c54)C(C)(C)CCC6(C)C)ccc21. The van der Waals surface area contributed by atoms with Crippen molar-refractivity contribution in [3.8, 4) is 11.1 Å². The Hall–Kier alpha value is -5.91. The van der Waals surface area contributed by atoms with Gasteiger partial charge in [-0.1, -0.05) is 197 Å². The van der Waals surface area contributed by atoms with Crippen LogP contribution in [0.25, 0.3) is 11.1 Å². The fourth-order valence-electron chi connectivity index (χ4n) is 18.4. The minimum Gasteiger partial charge on any atom is -0.314 e. The Bertz CT molecular complexity index is 4070. The highest BCUT2D eigenvalue weighted by Crippen LogP contribution is 2.67. The lowest BCUT2D eigenvalue weighted by Gasteiger charge is -2.52. The standard InChI is InChI=1S/C81H94BN3S/c1-73(2)35-37-75(5,6)58-43-50(31-33-55(58)73)84-64-48-61-60(77(9,10)39-40-78(61,11)12)47-62(64)82-69-65(84)45-52(83(49-25-20-19-21-26-49)63-30-24-29-57-67(63)53-27-22-23-28-54(53)81(57,17)18)46-66(69)85(51-32-34-56-59(44-51)76(7,8)38-36-74(56,3)4)70-68-71(86-72(70)82)80(15,16)42-41-79(68,13)14/h19-34,43-48,68,71H,35-42H2,1-18H3. The van der Waals surface area contributed by atoms with Crippen LogP contribution < -0.4 is 25.6 Å². The first-order valence-corrected chi connectivity index (χ1v) is 34.0. The van der Waals surface area contributed by atoms with E-state index in [1.54, 1.807) is 16.1 Å². The summed E-state index contributed by atoms with van der Waals surface area (Å²) in [6.45, 7) is 45.6. The highest BCUT2D eigenvalue weighted by atomic mass is 32.2. The molecule has 86 heavy (non-hydrogen) atoms. The van der Waals surface area contributed by atoms with Gasteiger partial charge in [0.2, 0.25) is 0 Å². The van der Waals surface area contributed by atoms with Crippen molar-refractivity contribution in [2.75, 3.05) is 14.7 Å². The Morgan fingerprint density at radius 3 is 1.49 bits per heavy atom. The summed E-state index contributed by atoms with van der Waals surface area (Å²) in [5.74, 6) is 0.328. The van der Waals surface area contributed by atoms with Crippen molar-refractivity contribution in [1.82, 2.24) is 0 Å². The first-order valence-electron chi connectivity index (χ1n) is 33.1. The zero-order valence-electron chi connectivity index (χ0n) is 55.3. The van der Waals surface area contributed by atoms with E-state index in [9.17, 15) is 0 Å². The summed E-state index contributed by atoms with van der Waals surface area (Å²) in [6, 6.07) is 54.2. The second-order valence-corrected chi connectivity index (χ2v) is 35.2. The van der Waals surface area contributed by atoms with Gasteiger partial charge in [-0.15, -0.1) is 11.8 Å². The topological polar surface area (TPSA) is 9.72 Å². The van der Waals surface area contributed by atoms with Gasteiger partial charge in [-0.3, -0.25) is 0 Å². The lowest BCUT2D eigenvalue weighted by atomic mass is 9.35. The molecule has 8 aliphatic rings. The maximum atomic E-state index is 2.91. The third kappa shape index (κ3) is 7.99. The van der Waals surface area contributed by atoms with E-state index in [2.05, 4.69) is 285 Å². The van der Waals surface area contributed by atoms with Gasteiger partial charge in [-0.25, -0.2) is 0 Å². The van der Waals surface area contributed by atoms with Crippen LogP contribution in [-0.4, -0.2) is 12.0 Å². The molecule has 1 saturated carbocycles. The van der Waals surface area contributed by atoms with Crippen LogP contribution in [-0.2, 0) is 37.9 Å². The Morgan fingerprint density at radius 1 is 0.407 bits per heavy atom. The minimum absolute atomic E-state index is 0.0102. The third-order valence-electron chi connectivity index (χ3n) is 24.4. The second kappa shape index (κ2) is 18.1. The molecule has 5 aliphatic carbocycles. The van der Waals surface area contributed by atoms with Crippen LogP contribution in [0, 0.1) is 16.7 Å². The first kappa shape index (κ1) is 56.6. The Labute approximate surface area is 521 Å². The molecular formula is C81H94BN3S. The molecule has 0 saturated heterocycles. The molecule has 2 unspecified atom stereocenters. The average molecular weight is 1150 g/mol. The number of nitrogens with zero attached hydrogens (tertiary/aromatic N) is 3. The summed E-state index contributed by atoms with van der Waals surface area (Å²) >= 11 is 2.29. The van der Waals surface area contributed by atoms with Crippen LogP contribution in [0.5, 0.6) is 0 Å². The quantitative estimate of drug-likeness (QED) is 0.159. The number of fused-ring (bicyclic) bond motifs is 11. The molecule has 2 atom stereocenters. The van der Waals surface area contributed by atoms with Gasteiger partial charge in [0, 0.05) is 62.0 Å². The molecule has 0 radical (unpaired) electrons. The van der Waals surface area contributed by atoms with Crippen LogP contribution in [0.3, 0.4) is 0 Å². The summed E-state index contributed by atoms with van der Waals surface area (Å²) in [5.41, 5.74) is 29.5. The number of hydrogen-bond donors (Lipinski definition) is 0. The average Bonchev–Trinajstić information content (AvgIpc) is 1.30. The molecule has 0 N–H and O–H groups in total. The second-order valence-electron chi connectivity index (χ2n) is 34.0. The van der Waals surface area contributed by atoms with Crippen molar-refractivity contribution >= 4 is 74.9 Å². The molecule has 5 heteroatoms. The molecule has 0 spiro atoms. The van der Waals surface area contributed by atoms with Gasteiger partial charge in [0.1, 0.15) is 0 Å². The zero-order valence-corrected chi connectivity index (χ0v) is 56.2. The maximum absolute atomic E-state index is 2.91. The Balaban J connectivity index is 1.12. The fraction of sp³-hybridized carbons (Fsp3) is 0.457. The van der Waals surface area contributed by atoms with E-state index in [1.165, 1.54) is 139 Å². The van der Waals surface area contributed by atoms with E-state index in [1.807, 2.05) is 0 Å². The first-order chi connectivity index (χ1) is 40.3. The summed E-state index contributed by atoms with van der Waals surface area (Å²) in [5, 5.41) is 0.417. The van der Waals surface area contributed by atoms with Crippen molar-refractivity contribution in [1.29, 1.82) is 0 Å². The molecular weight excluding hydrogens is 1060 g/mol. The summed E-state index contributed by atoms with van der Waals surface area (Å²) in [7, 11) is 0. The van der Waals surface area contributed by atoms with Gasteiger partial charge in [-0.2, -0.15) is 0 Å². The van der Waals surface area contributed by atoms with Crippen LogP contribution in [0.4, 0.5) is 45.5 Å². The van der Waals surface area contributed by atoms with Crippen molar-refractivity contribution in [2.24, 2.45) is 16.7 Å². The summed E-state index contributed by atoms with van der Waals surface area (Å²) in [4.78, 5) is 9.97. The van der Waals surface area contributed by atoms with Gasteiger partial charge in [0.05, 0.1) is 11.4 Å². The van der Waals surface area contributed by atoms with Crippen LogP contribution in [0.1, 0.15) is 221 Å². The molecule has 3 heterocycles. The minimum atomic E-state index is -0.165. The Morgan fingerprint density at radius 2 is 0.895 bits per heavy atom. The van der Waals surface area contributed by atoms with Gasteiger partial charge in [0.25, 0.3) is 6.71 Å². The lowest BCUT2D eigenvalue weighted by molar-refractivity contribution is 0.0881. The molecule has 1 fully saturated rings. The molecule has 3 aliphatic heterocycles. The van der Waals surface area contributed by atoms with Gasteiger partial charge < -0.3 is 14.7 Å². The number of thioether (sulfide) groups is 1. The number of benzene rings is 7. The number of para-hydroxylation sites is 1. The summed E-state index contributed by atoms with van der Waals surface area (Å²) < 4.78 is 0. The van der Waals surface area contributed by atoms with Crippen LogP contribution >= 0.6 is 11.8 Å². The van der Waals surface area contributed by atoms with E-state index in [-0.39, 0.29) is 55.4 Å². The molecule has 0 amide bonds. The highest BCUT2D eigenvalue weighted by Gasteiger charge is 2.60. The van der Waals surface area contributed by atoms with Gasteiger partial charge >= 0.3 is 0 Å². The smallest absolute Gasteiger partial charge is 0.259 e. The van der Waals surface area contributed by atoms with E-state index in [4.69, 9.17) is 0 Å². The fourth-order valence-corrected chi connectivity index (χ4v) is 20.5. The van der Waals surface area contributed by atoms with Crippen LogP contribution in [0.15, 0.2) is 144 Å². The number of anilines is 8. The molecule has 0 bridgehead atoms. The van der Waals surface area contributed by atoms with Crippen molar-refractivity contribution in [3.05, 3.63) is 188 Å². The van der Waals surface area contributed by atoms with E-state index in [0.717, 1.165) is 18.5 Å². The van der Waals surface area contributed by atoms with E-state index in [0.29, 0.717) is 11.2 Å². The van der Waals surface area contributed by atoms with Gasteiger partial charge in [0.15, 0.2) is 0 Å². The molecule has 15 rings (SSSR count). The largest absolute Gasteiger partial charge is 0.314 e.